The summed E-state index contributed by atoms with van der Waals surface area (Å²) in [5, 5.41) is 11.4. The molecule has 7 nitrogen and oxygen atoms in total. The van der Waals surface area contributed by atoms with E-state index in [0.717, 1.165) is 24.2 Å². The van der Waals surface area contributed by atoms with E-state index in [2.05, 4.69) is 20.5 Å². The zero-order valence-electron chi connectivity index (χ0n) is 12.2. The molecule has 7 heteroatoms. The van der Waals surface area contributed by atoms with Crippen molar-refractivity contribution in [1.29, 1.82) is 0 Å². The molecule has 0 bridgehead atoms. The number of aryl methyl sites for hydroxylation is 2. The fraction of sp³-hybridized carbons (Fsp3) is 0.692. The highest BCUT2D eigenvalue weighted by molar-refractivity contribution is 5.67. The molecule has 0 spiro atoms. The molecule has 110 valence electrons. The van der Waals surface area contributed by atoms with Crippen LogP contribution >= 0.6 is 0 Å². The van der Waals surface area contributed by atoms with Crippen molar-refractivity contribution in [1.82, 2.24) is 20.1 Å². The minimum absolute atomic E-state index is 0.227. The number of piperidine rings is 1. The predicted molar refractivity (Wildman–Crippen MR) is 74.5 cm³/mol. The first-order valence-corrected chi connectivity index (χ1v) is 6.96. The number of carbonyl (C=O) groups is 1. The van der Waals surface area contributed by atoms with Crippen molar-refractivity contribution >= 4 is 12.0 Å². The van der Waals surface area contributed by atoms with Crippen molar-refractivity contribution in [3.05, 3.63) is 11.4 Å². The Balaban J connectivity index is 1.85. The number of nitrogens with zero attached hydrogens (tertiary/aromatic N) is 4. The topological polar surface area (TPSA) is 80.2 Å². The number of amides is 1. The van der Waals surface area contributed by atoms with Gasteiger partial charge >= 0.3 is 6.09 Å². The van der Waals surface area contributed by atoms with E-state index in [4.69, 9.17) is 4.74 Å². The minimum Gasteiger partial charge on any atom is -0.450 e. The summed E-state index contributed by atoms with van der Waals surface area (Å²) >= 11 is 0. The van der Waals surface area contributed by atoms with Gasteiger partial charge in [0, 0.05) is 19.1 Å². The van der Waals surface area contributed by atoms with Crippen molar-refractivity contribution in [2.24, 2.45) is 0 Å². The van der Waals surface area contributed by atoms with Crippen LogP contribution in [0.5, 0.6) is 0 Å². The summed E-state index contributed by atoms with van der Waals surface area (Å²) in [6.45, 7) is 7.41. The van der Waals surface area contributed by atoms with Gasteiger partial charge in [0.25, 0.3) is 0 Å². The molecule has 0 saturated carbocycles. The zero-order valence-corrected chi connectivity index (χ0v) is 12.2. The van der Waals surface area contributed by atoms with Gasteiger partial charge in [0.1, 0.15) is 0 Å². The molecule has 1 aliphatic heterocycles. The molecule has 0 atom stereocenters. The number of hydrogen-bond acceptors (Lipinski definition) is 6. The van der Waals surface area contributed by atoms with Crippen LogP contribution in [0, 0.1) is 13.8 Å². The first-order chi connectivity index (χ1) is 9.60. The normalized spacial score (nSPS) is 16.1. The van der Waals surface area contributed by atoms with Gasteiger partial charge < -0.3 is 15.0 Å². The average molecular weight is 279 g/mol. The molecule has 20 heavy (non-hydrogen) atoms. The molecule has 0 aromatic carbocycles. The Kier molecular flexibility index (Phi) is 4.70. The van der Waals surface area contributed by atoms with Crippen LogP contribution in [0.25, 0.3) is 0 Å². The number of hydrogen-bond donors (Lipinski definition) is 1. The second kappa shape index (κ2) is 6.49. The van der Waals surface area contributed by atoms with Crippen LogP contribution in [-0.4, -0.2) is 51.9 Å². The molecule has 1 amide bonds. The molecule has 0 radical (unpaired) electrons. The third-order valence-electron chi connectivity index (χ3n) is 3.45. The Morgan fingerprint density at radius 2 is 2.00 bits per heavy atom. The summed E-state index contributed by atoms with van der Waals surface area (Å²) in [7, 11) is 0. The Labute approximate surface area is 118 Å². The van der Waals surface area contributed by atoms with Crippen LogP contribution in [0.1, 0.15) is 31.2 Å². The van der Waals surface area contributed by atoms with E-state index in [0.29, 0.717) is 25.6 Å². The number of anilines is 1. The lowest BCUT2D eigenvalue weighted by Gasteiger charge is -2.31. The Bertz CT molecular complexity index is 472. The monoisotopic (exact) mass is 279 g/mol. The lowest BCUT2D eigenvalue weighted by atomic mass is 10.1. The predicted octanol–water partition coefficient (Wildman–Crippen LogP) is 1.52. The number of aromatic nitrogens is 3. The van der Waals surface area contributed by atoms with E-state index in [9.17, 15) is 4.79 Å². The van der Waals surface area contributed by atoms with Crippen LogP contribution in [0.4, 0.5) is 10.7 Å². The first kappa shape index (κ1) is 14.5. The van der Waals surface area contributed by atoms with Gasteiger partial charge in [-0.25, -0.2) is 9.78 Å². The van der Waals surface area contributed by atoms with Crippen molar-refractivity contribution in [3.8, 4) is 0 Å². The van der Waals surface area contributed by atoms with E-state index in [1.165, 1.54) is 0 Å². The standard InChI is InChI=1S/C13H21N5O2/c1-4-20-13(19)18-7-5-11(6-8-18)15-12-14-9(2)10(3)16-17-12/h11H,4-8H2,1-3H3,(H,14,15,17). The lowest BCUT2D eigenvalue weighted by Crippen LogP contribution is -2.42. The number of carbonyl (C=O) groups excluding carboxylic acids is 1. The Hall–Kier alpha value is -1.92. The largest absolute Gasteiger partial charge is 0.450 e. The van der Waals surface area contributed by atoms with Gasteiger partial charge in [0.15, 0.2) is 0 Å². The highest BCUT2D eigenvalue weighted by atomic mass is 16.6. The molecule has 1 fully saturated rings. The van der Waals surface area contributed by atoms with Gasteiger partial charge in [-0.15, -0.1) is 5.10 Å². The van der Waals surface area contributed by atoms with Gasteiger partial charge in [0.05, 0.1) is 18.0 Å². The van der Waals surface area contributed by atoms with E-state index >= 15 is 0 Å². The van der Waals surface area contributed by atoms with Crippen LogP contribution in [-0.2, 0) is 4.74 Å². The molecule has 1 N–H and O–H groups in total. The molecular weight excluding hydrogens is 258 g/mol. The second-order valence-corrected chi connectivity index (χ2v) is 4.91. The molecule has 0 unspecified atom stereocenters. The molecule has 1 saturated heterocycles. The minimum atomic E-state index is -0.227. The van der Waals surface area contributed by atoms with Crippen LogP contribution in [0.2, 0.25) is 0 Å². The number of nitrogens with one attached hydrogen (secondary N) is 1. The van der Waals surface area contributed by atoms with Crippen molar-refractivity contribution < 1.29 is 9.53 Å². The number of likely N-dealkylation sites (tertiary alicyclic amines) is 1. The first-order valence-electron chi connectivity index (χ1n) is 6.96. The van der Waals surface area contributed by atoms with Crippen molar-refractivity contribution in [3.63, 3.8) is 0 Å². The van der Waals surface area contributed by atoms with Crippen molar-refractivity contribution in [2.75, 3.05) is 25.0 Å². The van der Waals surface area contributed by atoms with Crippen molar-refractivity contribution in [2.45, 2.75) is 39.7 Å². The van der Waals surface area contributed by atoms with E-state index < -0.39 is 0 Å². The van der Waals surface area contributed by atoms with Crippen LogP contribution in [0.3, 0.4) is 0 Å². The molecule has 2 rings (SSSR count). The molecule has 1 aliphatic rings. The maximum Gasteiger partial charge on any atom is 0.409 e. The molecule has 0 aliphatic carbocycles. The molecule has 2 heterocycles. The van der Waals surface area contributed by atoms with Gasteiger partial charge in [0.2, 0.25) is 5.95 Å². The van der Waals surface area contributed by atoms with Gasteiger partial charge in [-0.2, -0.15) is 5.10 Å². The maximum absolute atomic E-state index is 11.6. The van der Waals surface area contributed by atoms with Crippen LogP contribution < -0.4 is 5.32 Å². The third kappa shape index (κ3) is 3.55. The lowest BCUT2D eigenvalue weighted by molar-refractivity contribution is 0.0983. The summed E-state index contributed by atoms with van der Waals surface area (Å²) in [5.74, 6) is 0.558. The number of ether oxygens (including phenoxy) is 1. The highest BCUT2D eigenvalue weighted by Crippen LogP contribution is 2.15. The average Bonchev–Trinajstić information content (AvgIpc) is 2.44. The fourth-order valence-electron chi connectivity index (χ4n) is 2.12. The summed E-state index contributed by atoms with van der Waals surface area (Å²) in [6.07, 6.45) is 1.49. The smallest absolute Gasteiger partial charge is 0.409 e. The van der Waals surface area contributed by atoms with Gasteiger partial charge in [-0.05, 0) is 33.6 Å². The molecule has 1 aromatic heterocycles. The molecular formula is C13H21N5O2. The van der Waals surface area contributed by atoms with E-state index in [1.54, 1.807) is 4.90 Å². The van der Waals surface area contributed by atoms with Gasteiger partial charge in [-0.3, -0.25) is 0 Å². The van der Waals surface area contributed by atoms with E-state index in [-0.39, 0.29) is 12.1 Å². The quantitative estimate of drug-likeness (QED) is 0.903. The highest BCUT2D eigenvalue weighted by Gasteiger charge is 2.23. The summed E-state index contributed by atoms with van der Waals surface area (Å²) in [4.78, 5) is 17.7. The second-order valence-electron chi connectivity index (χ2n) is 4.91. The summed E-state index contributed by atoms with van der Waals surface area (Å²) in [6, 6.07) is 0.268. The number of rotatable bonds is 3. The van der Waals surface area contributed by atoms with Crippen LogP contribution in [0.15, 0.2) is 0 Å². The maximum atomic E-state index is 11.6. The summed E-state index contributed by atoms with van der Waals surface area (Å²) < 4.78 is 5.00. The van der Waals surface area contributed by atoms with Gasteiger partial charge in [-0.1, -0.05) is 0 Å². The Morgan fingerprint density at radius 3 is 2.60 bits per heavy atom. The summed E-state index contributed by atoms with van der Waals surface area (Å²) in [5.41, 5.74) is 1.72. The fourth-order valence-corrected chi connectivity index (χ4v) is 2.12. The Morgan fingerprint density at radius 1 is 1.30 bits per heavy atom. The zero-order chi connectivity index (χ0) is 14.5. The SMILES string of the molecule is CCOC(=O)N1CCC(Nc2nnc(C)c(C)n2)CC1. The molecule has 1 aromatic rings. The third-order valence-corrected chi connectivity index (χ3v) is 3.45. The van der Waals surface area contributed by atoms with E-state index in [1.807, 2.05) is 20.8 Å².